The third-order valence-electron chi connectivity index (χ3n) is 2.61. The van der Waals surface area contributed by atoms with Crippen molar-refractivity contribution in [1.82, 2.24) is 0 Å². The first-order valence-electron chi connectivity index (χ1n) is 4.50. The summed E-state index contributed by atoms with van der Waals surface area (Å²) < 4.78 is 1.04. The van der Waals surface area contributed by atoms with E-state index in [9.17, 15) is 0 Å². The minimum atomic E-state index is 0.306. The van der Waals surface area contributed by atoms with E-state index in [2.05, 4.69) is 20.8 Å². The molecule has 2 nitrogen and oxygen atoms in total. The van der Waals surface area contributed by atoms with Crippen molar-refractivity contribution in [2.75, 3.05) is 32.8 Å². The predicted molar refractivity (Wildman–Crippen MR) is 48.1 cm³/mol. The Balaban J connectivity index is 3.84. The summed E-state index contributed by atoms with van der Waals surface area (Å²) >= 11 is 0. The van der Waals surface area contributed by atoms with Crippen LogP contribution in [0, 0.1) is 6.92 Å². The molecule has 0 amide bonds. The van der Waals surface area contributed by atoms with Gasteiger partial charge in [0.15, 0.2) is 0 Å². The molecule has 0 aromatic heterocycles. The standard InChI is InChI=1S/C9H21NO/c1-4-10(5-2,6-3)8-7-9-11/h11H,1,4-9H2,2-3H3/q+1. The van der Waals surface area contributed by atoms with E-state index >= 15 is 0 Å². The molecule has 0 aliphatic carbocycles. The molecule has 0 bridgehead atoms. The zero-order chi connectivity index (χ0) is 8.74. The van der Waals surface area contributed by atoms with Crippen LogP contribution in [0.1, 0.15) is 20.3 Å². The number of quaternary nitrogens is 1. The first-order valence-corrected chi connectivity index (χ1v) is 4.50. The number of aliphatic hydroxyl groups excluding tert-OH is 1. The molecule has 0 aliphatic heterocycles. The van der Waals surface area contributed by atoms with Crippen LogP contribution >= 0.6 is 0 Å². The molecule has 1 radical (unpaired) electrons. The fourth-order valence-electron chi connectivity index (χ4n) is 1.37. The Bertz CT molecular complexity index is 81.3. The van der Waals surface area contributed by atoms with Crippen LogP contribution < -0.4 is 0 Å². The van der Waals surface area contributed by atoms with Gasteiger partial charge in [0, 0.05) is 20.0 Å². The van der Waals surface area contributed by atoms with Crippen LogP contribution in [0.2, 0.25) is 0 Å². The molecule has 1 N–H and O–H groups in total. The smallest absolute Gasteiger partial charge is 0.0808 e. The Morgan fingerprint density at radius 2 is 1.82 bits per heavy atom. The molecule has 0 saturated heterocycles. The first-order chi connectivity index (χ1) is 5.24. The third-order valence-corrected chi connectivity index (χ3v) is 2.61. The maximum Gasteiger partial charge on any atom is 0.0808 e. The summed E-state index contributed by atoms with van der Waals surface area (Å²) in [4.78, 5) is 0. The Kier molecular flexibility index (Phi) is 5.51. The maximum atomic E-state index is 8.69. The highest BCUT2D eigenvalue weighted by molar-refractivity contribution is 4.43. The van der Waals surface area contributed by atoms with Crippen LogP contribution in [0.4, 0.5) is 0 Å². The summed E-state index contributed by atoms with van der Waals surface area (Å²) in [5.74, 6) is 0. The number of nitrogens with zero attached hydrogens (tertiary/aromatic N) is 1. The van der Waals surface area contributed by atoms with Gasteiger partial charge < -0.3 is 9.59 Å². The summed E-state index contributed by atoms with van der Waals surface area (Å²) in [5, 5.41) is 8.69. The molecule has 0 heterocycles. The Labute approximate surface area is 70.4 Å². The number of aliphatic hydroxyl groups is 1. The molecule has 0 atom stereocenters. The molecule has 0 aromatic rings. The van der Waals surface area contributed by atoms with E-state index in [1.54, 1.807) is 0 Å². The largest absolute Gasteiger partial charge is 0.396 e. The van der Waals surface area contributed by atoms with Crippen molar-refractivity contribution in [2.24, 2.45) is 0 Å². The van der Waals surface area contributed by atoms with Gasteiger partial charge in [-0.15, -0.1) is 0 Å². The van der Waals surface area contributed by atoms with Gasteiger partial charge >= 0.3 is 0 Å². The summed E-state index contributed by atoms with van der Waals surface area (Å²) in [6.45, 7) is 12.9. The fourth-order valence-corrected chi connectivity index (χ4v) is 1.37. The second-order valence-corrected chi connectivity index (χ2v) is 3.00. The highest BCUT2D eigenvalue weighted by Gasteiger charge is 2.18. The molecule has 0 aliphatic rings. The van der Waals surface area contributed by atoms with E-state index in [1.807, 2.05) is 0 Å². The zero-order valence-corrected chi connectivity index (χ0v) is 7.84. The molecule has 2 heteroatoms. The normalized spacial score (nSPS) is 12.0. The minimum absolute atomic E-state index is 0.306. The van der Waals surface area contributed by atoms with Crippen LogP contribution in [0.25, 0.3) is 0 Å². The lowest BCUT2D eigenvalue weighted by Gasteiger charge is -2.35. The van der Waals surface area contributed by atoms with Crippen LogP contribution in [0.3, 0.4) is 0 Å². The molecule has 0 saturated carbocycles. The van der Waals surface area contributed by atoms with Crippen molar-refractivity contribution in [2.45, 2.75) is 20.3 Å². The molecular weight excluding hydrogens is 138 g/mol. The molecular formula is C9H21NO+. The number of rotatable bonds is 6. The van der Waals surface area contributed by atoms with E-state index in [-0.39, 0.29) is 0 Å². The lowest BCUT2D eigenvalue weighted by atomic mass is 10.3. The second-order valence-electron chi connectivity index (χ2n) is 3.00. The van der Waals surface area contributed by atoms with Gasteiger partial charge in [0.2, 0.25) is 0 Å². The predicted octanol–water partition coefficient (Wildman–Crippen LogP) is 1.06. The maximum absolute atomic E-state index is 8.69. The van der Waals surface area contributed by atoms with Crippen LogP contribution in [-0.4, -0.2) is 42.4 Å². The van der Waals surface area contributed by atoms with E-state index in [1.165, 1.54) is 0 Å². The molecule has 67 valence electrons. The lowest BCUT2D eigenvalue weighted by Crippen LogP contribution is -2.48. The fraction of sp³-hybridized carbons (Fsp3) is 0.889. The highest BCUT2D eigenvalue weighted by Crippen LogP contribution is 2.06. The van der Waals surface area contributed by atoms with Crippen molar-refractivity contribution in [3.05, 3.63) is 6.92 Å². The summed E-state index contributed by atoms with van der Waals surface area (Å²) in [6, 6.07) is 0. The third kappa shape index (κ3) is 3.21. The van der Waals surface area contributed by atoms with Crippen LogP contribution in [0.15, 0.2) is 0 Å². The van der Waals surface area contributed by atoms with Crippen molar-refractivity contribution < 1.29 is 9.59 Å². The summed E-state index contributed by atoms with van der Waals surface area (Å²) in [5.41, 5.74) is 0. The SMILES string of the molecule is [CH2]C[N+](CC)(CC)CCCO. The van der Waals surface area contributed by atoms with Gasteiger partial charge in [0.25, 0.3) is 0 Å². The van der Waals surface area contributed by atoms with E-state index in [4.69, 9.17) is 5.11 Å². The molecule has 11 heavy (non-hydrogen) atoms. The van der Waals surface area contributed by atoms with Gasteiger partial charge in [-0.25, -0.2) is 0 Å². The van der Waals surface area contributed by atoms with Crippen molar-refractivity contribution in [3.63, 3.8) is 0 Å². The first kappa shape index (κ1) is 10.9. The minimum Gasteiger partial charge on any atom is -0.396 e. The van der Waals surface area contributed by atoms with E-state index < -0.39 is 0 Å². The molecule has 0 fully saturated rings. The second kappa shape index (κ2) is 5.56. The van der Waals surface area contributed by atoms with Crippen molar-refractivity contribution in [3.8, 4) is 0 Å². The summed E-state index contributed by atoms with van der Waals surface area (Å²) in [6.07, 6.45) is 0.900. The highest BCUT2D eigenvalue weighted by atomic mass is 16.3. The van der Waals surface area contributed by atoms with Gasteiger partial charge in [0.05, 0.1) is 26.2 Å². The molecule has 0 rings (SSSR count). The summed E-state index contributed by atoms with van der Waals surface area (Å²) in [7, 11) is 0. The quantitative estimate of drug-likeness (QED) is 0.575. The number of hydrogen-bond donors (Lipinski definition) is 1. The topological polar surface area (TPSA) is 20.2 Å². The number of hydrogen-bond acceptors (Lipinski definition) is 1. The zero-order valence-electron chi connectivity index (χ0n) is 7.84. The monoisotopic (exact) mass is 159 g/mol. The van der Waals surface area contributed by atoms with Crippen LogP contribution in [-0.2, 0) is 0 Å². The molecule has 0 unspecified atom stereocenters. The van der Waals surface area contributed by atoms with E-state index in [0.29, 0.717) is 6.61 Å². The van der Waals surface area contributed by atoms with Gasteiger partial charge in [-0.1, -0.05) is 0 Å². The molecule has 0 aromatic carbocycles. The van der Waals surface area contributed by atoms with Gasteiger partial charge in [0.1, 0.15) is 0 Å². The van der Waals surface area contributed by atoms with Gasteiger partial charge in [-0.05, 0) is 13.8 Å². The van der Waals surface area contributed by atoms with Crippen molar-refractivity contribution >= 4 is 0 Å². The van der Waals surface area contributed by atoms with Crippen LogP contribution in [0.5, 0.6) is 0 Å². The lowest BCUT2D eigenvalue weighted by molar-refractivity contribution is -0.920. The average molecular weight is 159 g/mol. The Hall–Kier alpha value is -0.0800. The average Bonchev–Trinajstić information content (AvgIpc) is 2.08. The molecule has 0 spiro atoms. The Morgan fingerprint density at radius 1 is 1.27 bits per heavy atom. The van der Waals surface area contributed by atoms with Gasteiger partial charge in [-0.3, -0.25) is 0 Å². The Morgan fingerprint density at radius 3 is 2.09 bits per heavy atom. The van der Waals surface area contributed by atoms with E-state index in [0.717, 1.165) is 37.1 Å². The van der Waals surface area contributed by atoms with Gasteiger partial charge in [-0.2, -0.15) is 0 Å². The van der Waals surface area contributed by atoms with Crippen molar-refractivity contribution in [1.29, 1.82) is 0 Å².